The molecule has 0 saturated carbocycles. The van der Waals surface area contributed by atoms with E-state index >= 15 is 0 Å². The van der Waals surface area contributed by atoms with Crippen molar-refractivity contribution in [3.05, 3.63) is 18.2 Å². The molecule has 0 saturated heterocycles. The maximum atomic E-state index is 9.60. The fourth-order valence-corrected chi connectivity index (χ4v) is 0.330. The van der Waals surface area contributed by atoms with Crippen LogP contribution < -0.4 is 0 Å². The lowest BCUT2D eigenvalue weighted by Gasteiger charge is -1.98. The minimum atomic E-state index is 0.0644. The van der Waals surface area contributed by atoms with Crippen LogP contribution in [0.2, 0.25) is 0 Å². The zero-order valence-electron chi connectivity index (χ0n) is 5.63. The first-order valence-corrected chi connectivity index (χ1v) is 2.71. The molecule has 0 aromatic rings. The Kier molecular flexibility index (Phi) is 4.79. The molecule has 2 heteroatoms. The van der Waals surface area contributed by atoms with Gasteiger partial charge in [0.15, 0.2) is 0 Å². The molecule has 0 aliphatic carbocycles. The van der Waals surface area contributed by atoms with Gasteiger partial charge < -0.3 is 4.74 Å². The van der Waals surface area contributed by atoms with Crippen molar-refractivity contribution in [3.63, 3.8) is 0 Å². The number of allylic oxidation sites excluding steroid dienone is 2. The number of ether oxygens (including phenoxy) is 1. The Labute approximate surface area is 54.8 Å². The van der Waals surface area contributed by atoms with Gasteiger partial charge in [-0.3, -0.25) is 0 Å². The van der Waals surface area contributed by atoms with Gasteiger partial charge in [-0.15, -0.1) is 0 Å². The normalized spacial score (nSPS) is 13.1. The Morgan fingerprint density at radius 2 is 2.33 bits per heavy atom. The molecule has 0 bridgehead atoms. The van der Waals surface area contributed by atoms with Crippen LogP contribution >= 0.6 is 0 Å². The summed E-state index contributed by atoms with van der Waals surface area (Å²) in [7, 11) is 1.61. The summed E-state index contributed by atoms with van der Waals surface area (Å²) in [6.45, 7) is 1.88. The van der Waals surface area contributed by atoms with E-state index in [1.165, 1.54) is 6.08 Å². The van der Waals surface area contributed by atoms with Crippen LogP contribution in [0.5, 0.6) is 0 Å². The molecular weight excluding hydrogens is 116 g/mol. The van der Waals surface area contributed by atoms with E-state index in [4.69, 9.17) is 4.74 Å². The largest absolute Gasteiger partial charge is 0.378 e. The second-order valence-electron chi connectivity index (χ2n) is 1.61. The Balaban J connectivity index is 3.55. The zero-order valence-corrected chi connectivity index (χ0v) is 5.63. The van der Waals surface area contributed by atoms with E-state index in [1.54, 1.807) is 25.2 Å². The monoisotopic (exact) mass is 126 g/mol. The summed E-state index contributed by atoms with van der Waals surface area (Å²) in [5.74, 6) is 1.63. The highest BCUT2D eigenvalue weighted by molar-refractivity contribution is 5.48. The quantitative estimate of drug-likeness (QED) is 0.416. The van der Waals surface area contributed by atoms with Gasteiger partial charge in [-0.05, 0) is 6.92 Å². The topological polar surface area (TPSA) is 26.3 Å². The van der Waals surface area contributed by atoms with E-state index < -0.39 is 0 Å². The standard InChI is InChI=1S/C7H10O2/c1-7(9-2)5-3-4-6-8/h3-5,7H,1-2H3/b5-3+. The number of methoxy groups -OCH3 is 1. The second-order valence-corrected chi connectivity index (χ2v) is 1.61. The summed E-state index contributed by atoms with van der Waals surface area (Å²) in [5.41, 5.74) is 0. The number of hydrogen-bond acceptors (Lipinski definition) is 2. The molecule has 0 aliphatic heterocycles. The highest BCUT2D eigenvalue weighted by atomic mass is 16.5. The Morgan fingerprint density at radius 3 is 2.78 bits per heavy atom. The van der Waals surface area contributed by atoms with Crippen LogP contribution in [0.3, 0.4) is 0 Å². The van der Waals surface area contributed by atoms with Crippen LogP contribution in [0.4, 0.5) is 0 Å². The molecule has 0 spiro atoms. The van der Waals surface area contributed by atoms with Gasteiger partial charge in [-0.25, -0.2) is 4.79 Å². The van der Waals surface area contributed by atoms with Gasteiger partial charge in [0.1, 0.15) is 5.94 Å². The number of hydrogen-bond donors (Lipinski definition) is 0. The van der Waals surface area contributed by atoms with Crippen molar-refractivity contribution in [2.45, 2.75) is 13.0 Å². The van der Waals surface area contributed by atoms with Crippen molar-refractivity contribution in [3.8, 4) is 0 Å². The van der Waals surface area contributed by atoms with Crippen LogP contribution in [-0.4, -0.2) is 19.2 Å². The lowest BCUT2D eigenvalue weighted by atomic mass is 10.3. The second kappa shape index (κ2) is 5.29. The van der Waals surface area contributed by atoms with Crippen LogP contribution in [0.1, 0.15) is 6.92 Å². The van der Waals surface area contributed by atoms with Crippen LogP contribution in [0, 0.1) is 0 Å². The number of carbonyl (C=O) groups excluding carboxylic acids is 1. The highest BCUT2D eigenvalue weighted by Gasteiger charge is 1.86. The SMILES string of the molecule is COC(C)/C=C/C=C=O. The van der Waals surface area contributed by atoms with E-state index in [2.05, 4.69) is 0 Å². The van der Waals surface area contributed by atoms with Gasteiger partial charge in [-0.2, -0.15) is 0 Å². The van der Waals surface area contributed by atoms with Gasteiger partial charge in [0.05, 0.1) is 6.10 Å². The number of rotatable bonds is 3. The van der Waals surface area contributed by atoms with Crippen molar-refractivity contribution >= 4 is 5.94 Å². The minimum absolute atomic E-state index is 0.0644. The van der Waals surface area contributed by atoms with Crippen molar-refractivity contribution in [1.29, 1.82) is 0 Å². The summed E-state index contributed by atoms with van der Waals surface area (Å²) in [6, 6.07) is 0. The lowest BCUT2D eigenvalue weighted by Crippen LogP contribution is -1.97. The molecule has 0 heterocycles. The van der Waals surface area contributed by atoms with Crippen molar-refractivity contribution in [2.24, 2.45) is 0 Å². The molecule has 0 aliphatic rings. The molecule has 0 fully saturated rings. The van der Waals surface area contributed by atoms with Crippen LogP contribution in [0.25, 0.3) is 0 Å². The molecule has 0 aromatic carbocycles. The molecule has 0 aromatic heterocycles. The molecule has 2 nitrogen and oxygen atoms in total. The summed E-state index contributed by atoms with van der Waals surface area (Å²) >= 11 is 0. The van der Waals surface area contributed by atoms with E-state index in [0.29, 0.717) is 0 Å². The Morgan fingerprint density at radius 1 is 1.67 bits per heavy atom. The average Bonchev–Trinajstić information content (AvgIpc) is 1.89. The van der Waals surface area contributed by atoms with Crippen molar-refractivity contribution < 1.29 is 9.53 Å². The van der Waals surface area contributed by atoms with Gasteiger partial charge in [0.25, 0.3) is 0 Å². The fourth-order valence-electron chi connectivity index (χ4n) is 0.330. The molecular formula is C7H10O2. The third kappa shape index (κ3) is 5.01. The molecule has 0 N–H and O–H groups in total. The van der Waals surface area contributed by atoms with E-state index in [1.807, 2.05) is 6.92 Å². The van der Waals surface area contributed by atoms with Crippen LogP contribution in [-0.2, 0) is 9.53 Å². The third-order valence-corrected chi connectivity index (χ3v) is 0.918. The zero-order chi connectivity index (χ0) is 7.11. The van der Waals surface area contributed by atoms with Gasteiger partial charge in [0.2, 0.25) is 0 Å². The minimum Gasteiger partial charge on any atom is -0.378 e. The first-order chi connectivity index (χ1) is 4.31. The molecule has 1 atom stereocenters. The molecule has 0 amide bonds. The molecule has 50 valence electrons. The maximum Gasteiger partial charge on any atom is 0.124 e. The first kappa shape index (κ1) is 8.15. The lowest BCUT2D eigenvalue weighted by molar-refractivity contribution is 0.156. The average molecular weight is 126 g/mol. The van der Waals surface area contributed by atoms with Gasteiger partial charge in [-0.1, -0.05) is 12.2 Å². The summed E-state index contributed by atoms with van der Waals surface area (Å²) in [5, 5.41) is 0. The fraction of sp³-hybridized carbons (Fsp3) is 0.429. The highest BCUT2D eigenvalue weighted by Crippen LogP contribution is 1.88. The van der Waals surface area contributed by atoms with Gasteiger partial charge >= 0.3 is 0 Å². The predicted molar refractivity (Wildman–Crippen MR) is 35.9 cm³/mol. The molecule has 0 rings (SSSR count). The summed E-state index contributed by atoms with van der Waals surface area (Å²) in [4.78, 5) is 9.60. The van der Waals surface area contributed by atoms with E-state index in [0.717, 1.165) is 0 Å². The molecule has 0 radical (unpaired) electrons. The van der Waals surface area contributed by atoms with E-state index in [-0.39, 0.29) is 6.10 Å². The summed E-state index contributed by atoms with van der Waals surface area (Å²) < 4.78 is 4.86. The van der Waals surface area contributed by atoms with Crippen LogP contribution in [0.15, 0.2) is 18.2 Å². The first-order valence-electron chi connectivity index (χ1n) is 2.71. The van der Waals surface area contributed by atoms with Gasteiger partial charge in [0, 0.05) is 13.2 Å². The smallest absolute Gasteiger partial charge is 0.124 e. The third-order valence-electron chi connectivity index (χ3n) is 0.918. The Hall–Kier alpha value is -0.850. The predicted octanol–water partition coefficient (Wildman–Crippen LogP) is 0.965. The van der Waals surface area contributed by atoms with E-state index in [9.17, 15) is 4.79 Å². The molecule has 9 heavy (non-hydrogen) atoms. The maximum absolute atomic E-state index is 9.60. The summed E-state index contributed by atoms with van der Waals surface area (Å²) in [6.07, 6.45) is 4.75. The van der Waals surface area contributed by atoms with Crippen molar-refractivity contribution in [2.75, 3.05) is 7.11 Å². The Bertz CT molecular complexity index is 132. The molecule has 1 unspecified atom stereocenters. The van der Waals surface area contributed by atoms with Crippen molar-refractivity contribution in [1.82, 2.24) is 0 Å².